The van der Waals surface area contributed by atoms with Gasteiger partial charge in [-0.25, -0.2) is 9.59 Å². The Bertz CT molecular complexity index is 289. The Balaban J connectivity index is 3.87. The molecule has 2 atom stereocenters. The van der Waals surface area contributed by atoms with Crippen LogP contribution in [-0.4, -0.2) is 48.8 Å². The summed E-state index contributed by atoms with van der Waals surface area (Å²) in [7, 11) is 0. The molecule has 6 nitrogen and oxygen atoms in total. The zero-order valence-electron chi connectivity index (χ0n) is 9.69. The molecule has 18 heavy (non-hydrogen) atoms. The lowest BCUT2D eigenvalue weighted by molar-refractivity contribution is -0.202. The number of hydrogen-bond donors (Lipinski definition) is 1. The Labute approximate surface area is 101 Å². The quantitative estimate of drug-likeness (QED) is 0.753. The van der Waals surface area contributed by atoms with E-state index in [2.05, 4.69) is 14.2 Å². The van der Waals surface area contributed by atoms with Crippen LogP contribution in [0.5, 0.6) is 0 Å². The zero-order valence-corrected chi connectivity index (χ0v) is 9.69. The second-order valence-corrected chi connectivity index (χ2v) is 3.43. The fourth-order valence-electron chi connectivity index (χ4n) is 0.696. The van der Waals surface area contributed by atoms with E-state index in [1.54, 1.807) is 0 Å². The molecule has 0 aromatic carbocycles. The van der Waals surface area contributed by atoms with Gasteiger partial charge in [0.2, 0.25) is 0 Å². The van der Waals surface area contributed by atoms with Gasteiger partial charge in [-0.3, -0.25) is 0 Å². The molecule has 0 aliphatic carbocycles. The number of carbonyl (C=O) groups is 2. The zero-order chi connectivity index (χ0) is 14.3. The minimum absolute atomic E-state index is 0.312. The lowest BCUT2D eigenvalue weighted by atomic mass is 10.4. The van der Waals surface area contributed by atoms with E-state index in [1.807, 2.05) is 0 Å². The molecule has 0 aromatic rings. The number of aliphatic hydroxyl groups excluding tert-OH is 1. The number of ether oxygens (including phenoxy) is 3. The molecule has 0 radical (unpaired) electrons. The van der Waals surface area contributed by atoms with Crippen molar-refractivity contribution in [1.82, 2.24) is 0 Å². The molecule has 0 amide bonds. The highest BCUT2D eigenvalue weighted by Crippen LogP contribution is 2.16. The van der Waals surface area contributed by atoms with Crippen molar-refractivity contribution in [3.8, 4) is 0 Å². The Kier molecular flexibility index (Phi) is 6.45. The second-order valence-electron chi connectivity index (χ2n) is 3.43. The maximum Gasteiger partial charge on any atom is 0.508 e. The van der Waals surface area contributed by atoms with Crippen molar-refractivity contribution in [3.63, 3.8) is 0 Å². The van der Waals surface area contributed by atoms with Gasteiger partial charge in [-0.15, -0.1) is 0 Å². The van der Waals surface area contributed by atoms with Gasteiger partial charge in [-0.1, -0.05) is 0 Å². The van der Waals surface area contributed by atoms with E-state index < -0.39 is 37.1 Å². The van der Waals surface area contributed by atoms with E-state index in [-0.39, 0.29) is 6.61 Å². The monoisotopic (exact) mass is 274 g/mol. The van der Waals surface area contributed by atoms with Gasteiger partial charge in [0.15, 0.2) is 0 Å². The van der Waals surface area contributed by atoms with Gasteiger partial charge in [-0.2, -0.15) is 13.2 Å². The Morgan fingerprint density at radius 3 is 2.17 bits per heavy atom. The topological polar surface area (TPSA) is 82.1 Å². The highest BCUT2D eigenvalue weighted by molar-refractivity contribution is 5.75. The normalized spacial score (nSPS) is 14.6. The first kappa shape index (κ1) is 16.5. The standard InChI is InChI=1S/C9H13F3O6/c1-5(13)3-17-8(15)18-6(2)4-16-7(14)9(10,11)12/h5-6,13H,3-4H2,1-2H3. The molecule has 1 N–H and O–H groups in total. The molecule has 106 valence electrons. The maximum absolute atomic E-state index is 11.7. The highest BCUT2D eigenvalue weighted by atomic mass is 19.4. The van der Waals surface area contributed by atoms with E-state index in [9.17, 15) is 22.8 Å². The van der Waals surface area contributed by atoms with Crippen molar-refractivity contribution in [3.05, 3.63) is 0 Å². The van der Waals surface area contributed by atoms with Crippen molar-refractivity contribution in [2.24, 2.45) is 0 Å². The molecule has 2 unspecified atom stereocenters. The molecule has 0 heterocycles. The number of hydrogen-bond acceptors (Lipinski definition) is 6. The number of alkyl halides is 3. The van der Waals surface area contributed by atoms with Crippen molar-refractivity contribution in [2.75, 3.05) is 13.2 Å². The van der Waals surface area contributed by atoms with Crippen LogP contribution in [0.4, 0.5) is 18.0 Å². The van der Waals surface area contributed by atoms with Crippen LogP contribution in [-0.2, 0) is 19.0 Å². The third-order valence-electron chi connectivity index (χ3n) is 1.42. The summed E-state index contributed by atoms with van der Waals surface area (Å²) >= 11 is 0. The molecule has 0 fully saturated rings. The van der Waals surface area contributed by atoms with Crippen LogP contribution in [0.15, 0.2) is 0 Å². The average molecular weight is 274 g/mol. The van der Waals surface area contributed by atoms with Crippen LogP contribution in [0.2, 0.25) is 0 Å². The lowest BCUT2D eigenvalue weighted by Gasteiger charge is -2.14. The smallest absolute Gasteiger partial charge is 0.455 e. The predicted octanol–water partition coefficient (Wildman–Crippen LogP) is 1.01. The fourth-order valence-corrected chi connectivity index (χ4v) is 0.696. The molecule has 9 heteroatoms. The first-order valence-electron chi connectivity index (χ1n) is 4.88. The molecule has 0 rings (SSSR count). The van der Waals surface area contributed by atoms with E-state index in [1.165, 1.54) is 13.8 Å². The number of carbonyl (C=O) groups excluding carboxylic acids is 2. The van der Waals surface area contributed by atoms with Gasteiger partial charge in [-0.05, 0) is 13.8 Å². The first-order valence-corrected chi connectivity index (χ1v) is 4.88. The second kappa shape index (κ2) is 7.04. The van der Waals surface area contributed by atoms with E-state index in [0.717, 1.165) is 0 Å². The van der Waals surface area contributed by atoms with E-state index in [4.69, 9.17) is 5.11 Å². The molecule has 0 saturated heterocycles. The number of rotatable bonds is 5. The first-order chi connectivity index (χ1) is 8.12. The summed E-state index contributed by atoms with van der Waals surface area (Å²) < 4.78 is 47.9. The van der Waals surface area contributed by atoms with Crippen molar-refractivity contribution in [2.45, 2.75) is 32.2 Å². The average Bonchev–Trinajstić information content (AvgIpc) is 2.21. The van der Waals surface area contributed by atoms with Crippen LogP contribution in [0.25, 0.3) is 0 Å². The molecule has 0 saturated carbocycles. The van der Waals surface area contributed by atoms with E-state index >= 15 is 0 Å². The lowest BCUT2D eigenvalue weighted by Crippen LogP contribution is -2.30. The Hall–Kier alpha value is -1.51. The largest absolute Gasteiger partial charge is 0.508 e. The van der Waals surface area contributed by atoms with Crippen LogP contribution in [0, 0.1) is 0 Å². The molecular formula is C9H13F3O6. The van der Waals surface area contributed by atoms with Crippen LogP contribution >= 0.6 is 0 Å². The van der Waals surface area contributed by atoms with E-state index in [0.29, 0.717) is 0 Å². The fraction of sp³-hybridized carbons (Fsp3) is 0.778. The van der Waals surface area contributed by atoms with Gasteiger partial charge in [0.25, 0.3) is 0 Å². The van der Waals surface area contributed by atoms with Crippen molar-refractivity contribution >= 4 is 12.1 Å². The summed E-state index contributed by atoms with van der Waals surface area (Å²) in [5.74, 6) is -2.37. The van der Waals surface area contributed by atoms with Crippen LogP contribution in [0.1, 0.15) is 13.8 Å². The summed E-state index contributed by atoms with van der Waals surface area (Å²) in [4.78, 5) is 21.2. The number of aliphatic hydroxyl groups is 1. The van der Waals surface area contributed by atoms with Gasteiger partial charge in [0.1, 0.15) is 19.3 Å². The summed E-state index contributed by atoms with van der Waals surface area (Å²) in [6, 6.07) is 0. The third kappa shape index (κ3) is 7.71. The predicted molar refractivity (Wildman–Crippen MR) is 50.6 cm³/mol. The SMILES string of the molecule is CC(O)COC(=O)OC(C)COC(=O)C(F)(F)F. The van der Waals surface area contributed by atoms with Crippen molar-refractivity contribution < 1.29 is 42.1 Å². The summed E-state index contributed by atoms with van der Waals surface area (Å²) in [5, 5.41) is 8.77. The van der Waals surface area contributed by atoms with Gasteiger partial charge < -0.3 is 19.3 Å². The maximum atomic E-state index is 11.7. The van der Waals surface area contributed by atoms with Crippen molar-refractivity contribution in [1.29, 1.82) is 0 Å². The Morgan fingerprint density at radius 2 is 1.72 bits per heavy atom. The molecule has 0 aromatic heterocycles. The molecule has 0 spiro atoms. The summed E-state index contributed by atoms with van der Waals surface area (Å²) in [6.45, 7) is 1.52. The minimum atomic E-state index is -5.09. The van der Waals surface area contributed by atoms with Crippen LogP contribution in [0.3, 0.4) is 0 Å². The molecule has 0 aliphatic rings. The minimum Gasteiger partial charge on any atom is -0.455 e. The van der Waals surface area contributed by atoms with Crippen LogP contribution < -0.4 is 0 Å². The molecule has 0 bridgehead atoms. The Morgan fingerprint density at radius 1 is 1.17 bits per heavy atom. The van der Waals surface area contributed by atoms with Gasteiger partial charge >= 0.3 is 18.3 Å². The third-order valence-corrected chi connectivity index (χ3v) is 1.42. The number of esters is 1. The summed E-state index contributed by atoms with van der Waals surface area (Å²) in [6.07, 6.45) is -8.26. The molecule has 0 aliphatic heterocycles. The summed E-state index contributed by atoms with van der Waals surface area (Å²) in [5.41, 5.74) is 0. The molecular weight excluding hydrogens is 261 g/mol. The highest BCUT2D eigenvalue weighted by Gasteiger charge is 2.41. The number of halogens is 3. The van der Waals surface area contributed by atoms with Gasteiger partial charge in [0.05, 0.1) is 6.10 Å². The van der Waals surface area contributed by atoms with Gasteiger partial charge in [0, 0.05) is 0 Å².